The average Bonchev–Trinajstić information content (AvgIpc) is 2.70. The van der Waals surface area contributed by atoms with Crippen LogP contribution >= 0.6 is 0 Å². The van der Waals surface area contributed by atoms with Gasteiger partial charge < -0.3 is 19.5 Å². The van der Waals surface area contributed by atoms with E-state index >= 15 is 0 Å². The second-order valence-electron chi connectivity index (χ2n) is 4.74. The summed E-state index contributed by atoms with van der Waals surface area (Å²) in [6.45, 7) is 9.98. The molecule has 18 heavy (non-hydrogen) atoms. The third-order valence-electron chi connectivity index (χ3n) is 3.05. The number of likely N-dealkylation sites (N-methyl/N-ethyl adjacent to an activating group) is 1. The first kappa shape index (κ1) is 15.0. The van der Waals surface area contributed by atoms with E-state index in [9.17, 15) is 0 Å². The number of hydrogen-bond donors (Lipinski definition) is 1. The fourth-order valence-electron chi connectivity index (χ4n) is 1.82. The molecule has 1 aromatic rings. The highest BCUT2D eigenvalue weighted by Gasteiger charge is 2.11. The Kier molecular flexibility index (Phi) is 6.15. The first-order valence-electron chi connectivity index (χ1n) is 6.55. The van der Waals surface area contributed by atoms with Crippen molar-refractivity contribution in [3.8, 4) is 0 Å². The number of methoxy groups -OCH3 is 1. The van der Waals surface area contributed by atoms with E-state index in [1.807, 2.05) is 6.92 Å². The molecule has 1 rings (SSSR count). The predicted molar refractivity (Wildman–Crippen MR) is 75.2 cm³/mol. The van der Waals surface area contributed by atoms with Gasteiger partial charge in [0, 0.05) is 26.4 Å². The maximum absolute atomic E-state index is 5.20. The Balaban J connectivity index is 2.58. The molecule has 5 nitrogen and oxygen atoms in total. The number of imidazole rings is 1. The Morgan fingerprint density at radius 3 is 2.89 bits per heavy atom. The van der Waals surface area contributed by atoms with Crippen LogP contribution in [-0.4, -0.2) is 54.8 Å². The van der Waals surface area contributed by atoms with Crippen LogP contribution in [0.4, 0.5) is 5.95 Å². The van der Waals surface area contributed by atoms with Crippen LogP contribution in [0.15, 0.2) is 6.20 Å². The van der Waals surface area contributed by atoms with Gasteiger partial charge in [-0.3, -0.25) is 0 Å². The van der Waals surface area contributed by atoms with Crippen molar-refractivity contribution in [1.82, 2.24) is 14.5 Å². The predicted octanol–water partition coefficient (Wildman–Crippen LogP) is 1.76. The summed E-state index contributed by atoms with van der Waals surface area (Å²) >= 11 is 0. The minimum absolute atomic E-state index is 0.294. The second-order valence-corrected chi connectivity index (χ2v) is 4.74. The average molecular weight is 254 g/mol. The molecule has 1 aromatic heterocycles. The lowest BCUT2D eigenvalue weighted by Gasteiger charge is -2.18. The van der Waals surface area contributed by atoms with Gasteiger partial charge in [0.25, 0.3) is 0 Å². The zero-order chi connectivity index (χ0) is 13.5. The van der Waals surface area contributed by atoms with Crippen molar-refractivity contribution in [3.63, 3.8) is 0 Å². The Labute approximate surface area is 110 Å². The van der Waals surface area contributed by atoms with E-state index in [0.717, 1.165) is 31.3 Å². The van der Waals surface area contributed by atoms with E-state index in [1.165, 1.54) is 0 Å². The number of aromatic nitrogens is 2. The van der Waals surface area contributed by atoms with Crippen LogP contribution in [0.1, 0.15) is 25.6 Å². The number of anilines is 1. The first-order valence-corrected chi connectivity index (χ1v) is 6.55. The molecular weight excluding hydrogens is 228 g/mol. The molecule has 0 bridgehead atoms. The van der Waals surface area contributed by atoms with Crippen molar-refractivity contribution < 1.29 is 4.74 Å². The molecule has 0 spiro atoms. The molecule has 0 saturated carbocycles. The molecule has 0 aliphatic rings. The Morgan fingerprint density at radius 1 is 1.56 bits per heavy atom. The molecule has 1 N–H and O–H groups in total. The van der Waals surface area contributed by atoms with Crippen molar-refractivity contribution in [1.29, 1.82) is 0 Å². The summed E-state index contributed by atoms with van der Waals surface area (Å²) < 4.78 is 7.34. The van der Waals surface area contributed by atoms with Crippen molar-refractivity contribution in [2.24, 2.45) is 0 Å². The molecule has 0 radical (unpaired) electrons. The smallest absolute Gasteiger partial charge is 0.203 e. The van der Waals surface area contributed by atoms with Crippen molar-refractivity contribution >= 4 is 5.95 Å². The molecule has 0 saturated heterocycles. The normalized spacial score (nSPS) is 13.0. The van der Waals surface area contributed by atoms with E-state index in [0.29, 0.717) is 12.6 Å². The van der Waals surface area contributed by atoms with Gasteiger partial charge in [-0.2, -0.15) is 0 Å². The van der Waals surface area contributed by atoms with E-state index in [4.69, 9.17) is 4.74 Å². The summed E-state index contributed by atoms with van der Waals surface area (Å²) in [4.78, 5) is 6.78. The lowest BCUT2D eigenvalue weighted by molar-refractivity contribution is 0.163. The number of ether oxygens (including phenoxy) is 1. The molecular formula is C13H26N4O. The van der Waals surface area contributed by atoms with Crippen molar-refractivity contribution in [3.05, 3.63) is 11.9 Å². The Bertz CT molecular complexity index is 351. The summed E-state index contributed by atoms with van der Waals surface area (Å²) in [6.07, 6.45) is 2.07. The molecule has 104 valence electrons. The van der Waals surface area contributed by atoms with Gasteiger partial charge in [0.15, 0.2) is 0 Å². The van der Waals surface area contributed by atoms with Gasteiger partial charge in [-0.15, -0.1) is 0 Å². The van der Waals surface area contributed by atoms with E-state index in [-0.39, 0.29) is 0 Å². The van der Waals surface area contributed by atoms with Crippen LogP contribution in [0.5, 0.6) is 0 Å². The monoisotopic (exact) mass is 254 g/mol. The molecule has 0 aromatic carbocycles. The lowest BCUT2D eigenvalue weighted by atomic mass is 10.3. The zero-order valence-corrected chi connectivity index (χ0v) is 12.2. The number of nitrogens with one attached hydrogen (secondary N) is 1. The highest BCUT2D eigenvalue weighted by atomic mass is 16.5. The zero-order valence-electron chi connectivity index (χ0n) is 12.2. The van der Waals surface area contributed by atoms with Gasteiger partial charge in [-0.05, 0) is 27.4 Å². The molecule has 1 unspecified atom stereocenters. The van der Waals surface area contributed by atoms with Crippen LogP contribution in [0.3, 0.4) is 0 Å². The molecule has 0 aliphatic heterocycles. The summed E-state index contributed by atoms with van der Waals surface area (Å²) in [5, 5.41) is 3.39. The summed E-state index contributed by atoms with van der Waals surface area (Å²) in [5.41, 5.74) is 1.03. The number of nitrogens with zero attached hydrogens (tertiary/aromatic N) is 3. The maximum Gasteiger partial charge on any atom is 0.203 e. The van der Waals surface area contributed by atoms with Gasteiger partial charge in [0.1, 0.15) is 0 Å². The van der Waals surface area contributed by atoms with Crippen molar-refractivity contribution in [2.75, 3.05) is 45.7 Å². The van der Waals surface area contributed by atoms with Gasteiger partial charge in [-0.25, -0.2) is 4.98 Å². The van der Waals surface area contributed by atoms with Gasteiger partial charge in [-0.1, -0.05) is 6.92 Å². The number of hydrogen-bond acceptors (Lipinski definition) is 4. The fraction of sp³-hybridized carbons (Fsp3) is 0.769. The fourth-order valence-corrected chi connectivity index (χ4v) is 1.82. The number of rotatable bonds is 8. The SMILES string of the molecule is CCN(C)CCNc1nc(C)cn1C(C)COC. The van der Waals surface area contributed by atoms with E-state index < -0.39 is 0 Å². The third kappa shape index (κ3) is 4.31. The van der Waals surface area contributed by atoms with Crippen LogP contribution in [0.2, 0.25) is 0 Å². The number of aryl methyl sites for hydroxylation is 1. The minimum atomic E-state index is 0.294. The summed E-state index contributed by atoms with van der Waals surface area (Å²) in [5.74, 6) is 0.932. The van der Waals surface area contributed by atoms with Gasteiger partial charge in [0.2, 0.25) is 5.95 Å². The third-order valence-corrected chi connectivity index (χ3v) is 3.05. The maximum atomic E-state index is 5.20. The molecule has 0 fully saturated rings. The Morgan fingerprint density at radius 2 is 2.28 bits per heavy atom. The molecule has 1 heterocycles. The van der Waals surface area contributed by atoms with E-state index in [1.54, 1.807) is 7.11 Å². The van der Waals surface area contributed by atoms with Crippen LogP contribution < -0.4 is 5.32 Å². The largest absolute Gasteiger partial charge is 0.383 e. The first-order chi connectivity index (χ1) is 8.58. The quantitative estimate of drug-likeness (QED) is 0.767. The van der Waals surface area contributed by atoms with Gasteiger partial charge >= 0.3 is 0 Å². The molecule has 0 amide bonds. The second kappa shape index (κ2) is 7.38. The van der Waals surface area contributed by atoms with Crippen LogP contribution in [0, 0.1) is 6.92 Å². The van der Waals surface area contributed by atoms with Crippen LogP contribution in [-0.2, 0) is 4.74 Å². The standard InChI is InChI=1S/C13H26N4O/c1-6-16(4)8-7-14-13-15-11(2)9-17(13)12(3)10-18-5/h9,12H,6-8,10H2,1-5H3,(H,14,15). The van der Waals surface area contributed by atoms with Crippen LogP contribution in [0.25, 0.3) is 0 Å². The molecule has 5 heteroatoms. The minimum Gasteiger partial charge on any atom is -0.383 e. The van der Waals surface area contributed by atoms with Gasteiger partial charge in [0.05, 0.1) is 18.3 Å². The Hall–Kier alpha value is -1.07. The highest BCUT2D eigenvalue weighted by molar-refractivity contribution is 5.29. The topological polar surface area (TPSA) is 42.3 Å². The van der Waals surface area contributed by atoms with Crippen molar-refractivity contribution in [2.45, 2.75) is 26.8 Å². The molecule has 1 atom stereocenters. The molecule has 0 aliphatic carbocycles. The van der Waals surface area contributed by atoms with E-state index in [2.05, 4.69) is 46.9 Å². The summed E-state index contributed by atoms with van der Waals surface area (Å²) in [7, 11) is 3.84. The summed E-state index contributed by atoms with van der Waals surface area (Å²) in [6, 6.07) is 0.294. The highest BCUT2D eigenvalue weighted by Crippen LogP contribution is 2.15. The lowest BCUT2D eigenvalue weighted by Crippen LogP contribution is -2.26.